The van der Waals surface area contributed by atoms with Gasteiger partial charge in [0.05, 0.1) is 0 Å². The molecular formula is C22H22N2S2. The third-order valence-corrected chi connectivity index (χ3v) is 7.51. The standard InChI is InChI=1S/C22H22N2S2/c1-13-4-6-19-16(10-13)18-12-24(3)11-17(21(18)23-19)15-8-9-25-22(15)20-7-5-14(2)26-20/h4-10,17,23H,11-12H2,1-3H3. The van der Waals surface area contributed by atoms with Gasteiger partial charge >= 0.3 is 0 Å². The molecule has 4 heterocycles. The summed E-state index contributed by atoms with van der Waals surface area (Å²) >= 11 is 3.77. The van der Waals surface area contributed by atoms with Crippen molar-refractivity contribution in [2.24, 2.45) is 0 Å². The first-order chi connectivity index (χ1) is 12.6. The van der Waals surface area contributed by atoms with Crippen LogP contribution in [0.3, 0.4) is 0 Å². The molecule has 1 aliphatic heterocycles. The number of hydrogen-bond acceptors (Lipinski definition) is 3. The molecule has 26 heavy (non-hydrogen) atoms. The van der Waals surface area contributed by atoms with Crippen LogP contribution < -0.4 is 0 Å². The summed E-state index contributed by atoms with van der Waals surface area (Å²) in [5.41, 5.74) is 6.95. The fourth-order valence-electron chi connectivity index (χ4n) is 4.19. The average molecular weight is 379 g/mol. The predicted octanol–water partition coefficient (Wildman–Crippen LogP) is 6.15. The SMILES string of the molecule is Cc1ccc2[nH]c3c(c2c1)CN(C)CC3c1ccsc1-c1ccc(C)s1. The van der Waals surface area contributed by atoms with Gasteiger partial charge in [-0.3, -0.25) is 0 Å². The van der Waals surface area contributed by atoms with E-state index in [2.05, 4.69) is 72.6 Å². The predicted molar refractivity (Wildman–Crippen MR) is 114 cm³/mol. The molecular weight excluding hydrogens is 356 g/mol. The smallest absolute Gasteiger partial charge is 0.0481 e. The number of H-pyrrole nitrogens is 1. The largest absolute Gasteiger partial charge is 0.358 e. The zero-order valence-corrected chi connectivity index (χ0v) is 16.9. The fraction of sp³-hybridized carbons (Fsp3) is 0.273. The summed E-state index contributed by atoms with van der Waals surface area (Å²) in [6.45, 7) is 6.45. The third-order valence-electron chi connectivity index (χ3n) is 5.40. The Labute approximate surface area is 162 Å². The molecule has 0 aliphatic carbocycles. The molecule has 5 rings (SSSR count). The molecule has 3 aromatic heterocycles. The molecule has 4 aromatic rings. The molecule has 0 fully saturated rings. The molecule has 2 nitrogen and oxygen atoms in total. The molecule has 132 valence electrons. The zero-order chi connectivity index (χ0) is 17.8. The van der Waals surface area contributed by atoms with Gasteiger partial charge in [0.1, 0.15) is 0 Å². The number of rotatable bonds is 2. The average Bonchev–Trinajstić information content (AvgIpc) is 3.32. The van der Waals surface area contributed by atoms with E-state index < -0.39 is 0 Å². The fourth-order valence-corrected chi connectivity index (χ4v) is 6.17. The number of nitrogens with one attached hydrogen (secondary N) is 1. The highest BCUT2D eigenvalue weighted by molar-refractivity contribution is 7.21. The van der Waals surface area contributed by atoms with Crippen LogP contribution >= 0.6 is 22.7 Å². The molecule has 4 heteroatoms. The molecule has 1 atom stereocenters. The molecule has 1 aliphatic rings. The van der Waals surface area contributed by atoms with Crippen molar-refractivity contribution in [2.75, 3.05) is 13.6 Å². The van der Waals surface area contributed by atoms with Gasteiger partial charge in [0.25, 0.3) is 0 Å². The molecule has 0 spiro atoms. The maximum Gasteiger partial charge on any atom is 0.0481 e. The highest BCUT2D eigenvalue weighted by Gasteiger charge is 2.30. The minimum atomic E-state index is 0.403. The van der Waals surface area contributed by atoms with Crippen LogP contribution in [0, 0.1) is 13.8 Å². The van der Waals surface area contributed by atoms with Crippen LogP contribution in [0.15, 0.2) is 41.8 Å². The Morgan fingerprint density at radius 2 is 2.00 bits per heavy atom. The summed E-state index contributed by atoms with van der Waals surface area (Å²) in [4.78, 5) is 10.4. The first-order valence-electron chi connectivity index (χ1n) is 9.04. The molecule has 1 aromatic carbocycles. The van der Waals surface area contributed by atoms with Gasteiger partial charge in [-0.15, -0.1) is 22.7 Å². The Morgan fingerprint density at radius 1 is 1.12 bits per heavy atom. The Bertz CT molecular complexity index is 1100. The van der Waals surface area contributed by atoms with Gasteiger partial charge in [0.15, 0.2) is 0 Å². The summed E-state index contributed by atoms with van der Waals surface area (Å²) < 4.78 is 0. The number of fused-ring (bicyclic) bond motifs is 3. The van der Waals surface area contributed by atoms with Crippen LogP contribution in [0.25, 0.3) is 20.7 Å². The van der Waals surface area contributed by atoms with Crippen LogP contribution in [0.4, 0.5) is 0 Å². The lowest BCUT2D eigenvalue weighted by Crippen LogP contribution is -2.30. The Morgan fingerprint density at radius 3 is 2.81 bits per heavy atom. The number of nitrogens with zero attached hydrogens (tertiary/aromatic N) is 1. The van der Waals surface area contributed by atoms with E-state index >= 15 is 0 Å². The molecule has 1 unspecified atom stereocenters. The van der Waals surface area contributed by atoms with E-state index in [1.165, 1.54) is 47.9 Å². The van der Waals surface area contributed by atoms with Gasteiger partial charge in [0, 0.05) is 50.2 Å². The van der Waals surface area contributed by atoms with Crippen molar-refractivity contribution in [3.63, 3.8) is 0 Å². The zero-order valence-electron chi connectivity index (χ0n) is 15.3. The summed E-state index contributed by atoms with van der Waals surface area (Å²) in [5.74, 6) is 0.403. The van der Waals surface area contributed by atoms with E-state index in [-0.39, 0.29) is 0 Å². The second-order valence-electron chi connectivity index (χ2n) is 7.43. The number of benzene rings is 1. The van der Waals surface area contributed by atoms with E-state index in [4.69, 9.17) is 0 Å². The maximum atomic E-state index is 3.77. The van der Waals surface area contributed by atoms with Gasteiger partial charge < -0.3 is 9.88 Å². The quantitative estimate of drug-likeness (QED) is 0.443. The van der Waals surface area contributed by atoms with Crippen molar-refractivity contribution >= 4 is 33.6 Å². The van der Waals surface area contributed by atoms with Gasteiger partial charge in [-0.25, -0.2) is 0 Å². The first kappa shape index (κ1) is 16.3. The van der Waals surface area contributed by atoms with Gasteiger partial charge in [-0.2, -0.15) is 0 Å². The molecule has 0 radical (unpaired) electrons. The van der Waals surface area contributed by atoms with Crippen molar-refractivity contribution < 1.29 is 0 Å². The van der Waals surface area contributed by atoms with Crippen molar-refractivity contribution in [2.45, 2.75) is 26.3 Å². The van der Waals surface area contributed by atoms with E-state index in [0.29, 0.717) is 5.92 Å². The number of aromatic amines is 1. The Kier molecular flexibility index (Phi) is 3.82. The van der Waals surface area contributed by atoms with Crippen LogP contribution in [0.1, 0.15) is 33.2 Å². The third kappa shape index (κ3) is 2.56. The van der Waals surface area contributed by atoms with E-state index in [1.54, 1.807) is 0 Å². The minimum absolute atomic E-state index is 0.403. The summed E-state index contributed by atoms with van der Waals surface area (Å²) in [6.07, 6.45) is 0. The van der Waals surface area contributed by atoms with Crippen LogP contribution in [-0.2, 0) is 6.54 Å². The van der Waals surface area contributed by atoms with E-state index in [0.717, 1.165) is 13.1 Å². The first-order valence-corrected chi connectivity index (χ1v) is 10.7. The Balaban J connectivity index is 1.68. The summed E-state index contributed by atoms with van der Waals surface area (Å²) in [5, 5.41) is 3.64. The van der Waals surface area contributed by atoms with Crippen LogP contribution in [0.5, 0.6) is 0 Å². The van der Waals surface area contributed by atoms with Crippen LogP contribution in [-0.4, -0.2) is 23.5 Å². The molecule has 0 amide bonds. The number of likely N-dealkylation sites (N-methyl/N-ethyl adjacent to an activating group) is 1. The summed E-state index contributed by atoms with van der Waals surface area (Å²) in [6, 6.07) is 13.6. The number of hydrogen-bond donors (Lipinski definition) is 1. The van der Waals surface area contributed by atoms with Gasteiger partial charge in [-0.1, -0.05) is 11.6 Å². The molecule has 0 saturated heterocycles. The van der Waals surface area contributed by atoms with Crippen molar-refractivity contribution in [1.29, 1.82) is 0 Å². The summed E-state index contributed by atoms with van der Waals surface area (Å²) in [7, 11) is 2.24. The second-order valence-corrected chi connectivity index (χ2v) is 9.63. The van der Waals surface area contributed by atoms with Crippen molar-refractivity contribution in [1.82, 2.24) is 9.88 Å². The lowest BCUT2D eigenvalue weighted by Gasteiger charge is -2.30. The highest BCUT2D eigenvalue weighted by Crippen LogP contribution is 2.44. The number of thiophene rings is 2. The van der Waals surface area contributed by atoms with E-state index in [1.807, 2.05) is 22.7 Å². The van der Waals surface area contributed by atoms with Crippen LogP contribution in [0.2, 0.25) is 0 Å². The van der Waals surface area contributed by atoms with Gasteiger partial charge in [0.2, 0.25) is 0 Å². The van der Waals surface area contributed by atoms with E-state index in [9.17, 15) is 0 Å². The maximum absolute atomic E-state index is 3.77. The van der Waals surface area contributed by atoms with Crippen molar-refractivity contribution in [3.8, 4) is 9.75 Å². The Hall–Kier alpha value is -1.88. The minimum Gasteiger partial charge on any atom is -0.358 e. The normalized spacial score (nSPS) is 17.7. The monoisotopic (exact) mass is 378 g/mol. The molecule has 0 saturated carbocycles. The number of aromatic nitrogens is 1. The molecule has 0 bridgehead atoms. The lowest BCUT2D eigenvalue weighted by atomic mass is 9.89. The second kappa shape index (κ2) is 6.08. The number of aryl methyl sites for hydroxylation is 2. The topological polar surface area (TPSA) is 19.0 Å². The van der Waals surface area contributed by atoms with Crippen molar-refractivity contribution in [3.05, 3.63) is 69.0 Å². The van der Waals surface area contributed by atoms with Gasteiger partial charge in [-0.05, 0) is 67.7 Å². The lowest BCUT2D eigenvalue weighted by molar-refractivity contribution is 0.295. The molecule has 1 N–H and O–H groups in total. The highest BCUT2D eigenvalue weighted by atomic mass is 32.1.